The third-order valence-corrected chi connectivity index (χ3v) is 4.13. The van der Waals surface area contributed by atoms with Crippen LogP contribution in [-0.4, -0.2) is 14.3 Å². The van der Waals surface area contributed by atoms with Crippen LogP contribution in [0.1, 0.15) is 12.8 Å². The van der Waals surface area contributed by atoms with E-state index in [1.165, 1.54) is 12.1 Å². The molecular weight excluding hydrogens is 264 g/mol. The SMILES string of the molecule is O=C(NNS(=O)(=O)c1ccccc1Cl)C1CC1. The Hall–Kier alpha value is -1.11. The predicted molar refractivity (Wildman–Crippen MR) is 62.6 cm³/mol. The molecule has 92 valence electrons. The van der Waals surface area contributed by atoms with Crippen molar-refractivity contribution >= 4 is 27.5 Å². The minimum atomic E-state index is -3.81. The maximum absolute atomic E-state index is 11.8. The van der Waals surface area contributed by atoms with E-state index in [1.54, 1.807) is 12.1 Å². The largest absolute Gasteiger partial charge is 0.277 e. The fourth-order valence-corrected chi connectivity index (χ4v) is 2.65. The van der Waals surface area contributed by atoms with Crippen LogP contribution in [0.4, 0.5) is 0 Å². The van der Waals surface area contributed by atoms with Crippen molar-refractivity contribution in [3.05, 3.63) is 29.3 Å². The molecule has 7 heteroatoms. The molecule has 0 aromatic heterocycles. The van der Waals surface area contributed by atoms with Crippen LogP contribution in [0.25, 0.3) is 0 Å². The van der Waals surface area contributed by atoms with Gasteiger partial charge in [0.05, 0.1) is 5.02 Å². The Labute approximate surface area is 104 Å². The first kappa shape index (κ1) is 12.3. The van der Waals surface area contributed by atoms with E-state index in [1.807, 2.05) is 4.83 Å². The minimum Gasteiger partial charge on any atom is -0.277 e. The number of carbonyl (C=O) groups excluding carboxylic acids is 1. The average molecular weight is 275 g/mol. The van der Waals surface area contributed by atoms with Crippen molar-refractivity contribution in [2.75, 3.05) is 0 Å². The summed E-state index contributed by atoms with van der Waals surface area (Å²) in [7, 11) is -3.81. The summed E-state index contributed by atoms with van der Waals surface area (Å²) in [4.78, 5) is 13.3. The highest BCUT2D eigenvalue weighted by atomic mass is 35.5. The molecule has 0 bridgehead atoms. The lowest BCUT2D eigenvalue weighted by molar-refractivity contribution is -0.122. The molecular formula is C10H11ClN2O3S. The van der Waals surface area contributed by atoms with Gasteiger partial charge in [-0.1, -0.05) is 23.7 Å². The van der Waals surface area contributed by atoms with Crippen molar-refractivity contribution in [3.8, 4) is 0 Å². The summed E-state index contributed by atoms with van der Waals surface area (Å²) in [5, 5.41) is 0.112. The highest BCUT2D eigenvalue weighted by Crippen LogP contribution is 2.28. The molecule has 1 aliphatic carbocycles. The lowest BCUT2D eigenvalue weighted by Crippen LogP contribution is -2.42. The van der Waals surface area contributed by atoms with E-state index in [2.05, 4.69) is 5.43 Å². The van der Waals surface area contributed by atoms with Crippen LogP contribution < -0.4 is 10.3 Å². The van der Waals surface area contributed by atoms with Gasteiger partial charge in [0, 0.05) is 5.92 Å². The van der Waals surface area contributed by atoms with Crippen LogP contribution in [0.3, 0.4) is 0 Å². The van der Waals surface area contributed by atoms with Crippen molar-refractivity contribution in [1.29, 1.82) is 0 Å². The molecule has 0 heterocycles. The highest BCUT2D eigenvalue weighted by molar-refractivity contribution is 7.89. The van der Waals surface area contributed by atoms with Gasteiger partial charge in [-0.3, -0.25) is 10.2 Å². The number of hydrazine groups is 1. The van der Waals surface area contributed by atoms with Gasteiger partial charge < -0.3 is 0 Å². The van der Waals surface area contributed by atoms with Gasteiger partial charge in [-0.15, -0.1) is 4.83 Å². The molecule has 1 amide bonds. The number of carbonyl (C=O) groups is 1. The standard InChI is InChI=1S/C10H11ClN2O3S/c11-8-3-1-2-4-9(8)17(15,16)13-12-10(14)7-5-6-7/h1-4,7,13H,5-6H2,(H,12,14). The second kappa shape index (κ2) is 4.64. The zero-order valence-electron chi connectivity index (χ0n) is 8.81. The van der Waals surface area contributed by atoms with Crippen LogP contribution in [0.2, 0.25) is 5.02 Å². The van der Waals surface area contributed by atoms with Gasteiger partial charge in [0.15, 0.2) is 0 Å². The van der Waals surface area contributed by atoms with Gasteiger partial charge in [-0.2, -0.15) is 0 Å². The zero-order valence-corrected chi connectivity index (χ0v) is 10.4. The lowest BCUT2D eigenvalue weighted by Gasteiger charge is -2.08. The number of benzene rings is 1. The number of hydrogen-bond acceptors (Lipinski definition) is 3. The summed E-state index contributed by atoms with van der Waals surface area (Å²) in [6, 6.07) is 6.03. The zero-order chi connectivity index (χ0) is 12.5. The molecule has 1 saturated carbocycles. The quantitative estimate of drug-likeness (QED) is 0.806. The minimum absolute atomic E-state index is 0.0576. The second-order valence-electron chi connectivity index (χ2n) is 3.80. The molecule has 0 saturated heterocycles. The maximum atomic E-state index is 11.8. The first-order valence-electron chi connectivity index (χ1n) is 5.07. The molecule has 17 heavy (non-hydrogen) atoms. The van der Waals surface area contributed by atoms with Crippen molar-refractivity contribution in [3.63, 3.8) is 0 Å². The Balaban J connectivity index is 2.08. The second-order valence-corrected chi connectivity index (χ2v) is 5.86. The van der Waals surface area contributed by atoms with Gasteiger partial charge in [-0.05, 0) is 25.0 Å². The Morgan fingerprint density at radius 1 is 1.29 bits per heavy atom. The van der Waals surface area contributed by atoms with Gasteiger partial charge >= 0.3 is 0 Å². The van der Waals surface area contributed by atoms with Gasteiger partial charge in [0.2, 0.25) is 5.91 Å². The van der Waals surface area contributed by atoms with E-state index in [0.29, 0.717) is 0 Å². The highest BCUT2D eigenvalue weighted by Gasteiger charge is 2.30. The number of sulfonamides is 1. The van der Waals surface area contributed by atoms with E-state index in [4.69, 9.17) is 11.6 Å². The van der Waals surface area contributed by atoms with Crippen LogP contribution in [0.15, 0.2) is 29.2 Å². The molecule has 0 aliphatic heterocycles. The molecule has 0 atom stereocenters. The van der Waals surface area contributed by atoms with Crippen molar-refractivity contribution in [2.24, 2.45) is 5.92 Å². The molecule has 1 fully saturated rings. The average Bonchev–Trinajstić information content (AvgIpc) is 3.10. The van der Waals surface area contributed by atoms with Crippen molar-refractivity contribution in [2.45, 2.75) is 17.7 Å². The van der Waals surface area contributed by atoms with E-state index in [9.17, 15) is 13.2 Å². The van der Waals surface area contributed by atoms with Crippen LogP contribution >= 0.6 is 11.6 Å². The number of rotatable bonds is 4. The van der Waals surface area contributed by atoms with Crippen LogP contribution in [0, 0.1) is 5.92 Å². The van der Waals surface area contributed by atoms with Crippen LogP contribution in [0.5, 0.6) is 0 Å². The summed E-state index contributed by atoms with van der Waals surface area (Å²) >= 11 is 5.77. The maximum Gasteiger partial charge on any atom is 0.258 e. The first-order valence-corrected chi connectivity index (χ1v) is 6.93. The third-order valence-electron chi connectivity index (χ3n) is 2.38. The summed E-state index contributed by atoms with van der Waals surface area (Å²) in [6.45, 7) is 0. The monoisotopic (exact) mass is 274 g/mol. The first-order chi connectivity index (χ1) is 8.00. The smallest absolute Gasteiger partial charge is 0.258 e. The molecule has 0 radical (unpaired) electrons. The predicted octanol–water partition coefficient (Wildman–Crippen LogP) is 1.06. The number of nitrogens with one attached hydrogen (secondary N) is 2. The summed E-state index contributed by atoms with van der Waals surface area (Å²) in [6.07, 6.45) is 1.61. The summed E-state index contributed by atoms with van der Waals surface area (Å²) in [5.41, 5.74) is 2.18. The van der Waals surface area contributed by atoms with E-state index < -0.39 is 10.0 Å². The number of hydrogen-bond donors (Lipinski definition) is 2. The Kier molecular flexibility index (Phi) is 3.37. The van der Waals surface area contributed by atoms with Crippen molar-refractivity contribution < 1.29 is 13.2 Å². The van der Waals surface area contributed by atoms with E-state index >= 15 is 0 Å². The van der Waals surface area contributed by atoms with E-state index in [-0.39, 0.29) is 21.7 Å². The van der Waals surface area contributed by atoms with Gasteiger partial charge in [0.25, 0.3) is 10.0 Å². The molecule has 2 rings (SSSR count). The Morgan fingerprint density at radius 3 is 2.53 bits per heavy atom. The van der Waals surface area contributed by atoms with Gasteiger partial charge in [0.1, 0.15) is 4.90 Å². The fourth-order valence-electron chi connectivity index (χ4n) is 1.28. The fraction of sp³-hybridized carbons (Fsp3) is 0.300. The lowest BCUT2D eigenvalue weighted by atomic mass is 10.4. The normalized spacial score (nSPS) is 15.6. The molecule has 1 aliphatic rings. The van der Waals surface area contributed by atoms with Crippen LogP contribution in [-0.2, 0) is 14.8 Å². The molecule has 5 nitrogen and oxygen atoms in total. The number of amides is 1. The molecule has 1 aromatic rings. The molecule has 0 spiro atoms. The molecule has 1 aromatic carbocycles. The van der Waals surface area contributed by atoms with Crippen molar-refractivity contribution in [1.82, 2.24) is 10.3 Å². The third kappa shape index (κ3) is 2.96. The van der Waals surface area contributed by atoms with Gasteiger partial charge in [-0.25, -0.2) is 8.42 Å². The topological polar surface area (TPSA) is 75.3 Å². The molecule has 0 unspecified atom stereocenters. The summed E-state index contributed by atoms with van der Waals surface area (Å²) < 4.78 is 23.6. The number of halogens is 1. The molecule has 2 N–H and O–H groups in total. The summed E-state index contributed by atoms with van der Waals surface area (Å²) in [5.74, 6) is -0.371. The Bertz CT molecular complexity index is 540. The van der Waals surface area contributed by atoms with E-state index in [0.717, 1.165) is 12.8 Å². The Morgan fingerprint density at radius 2 is 1.94 bits per heavy atom.